The molecule has 1 rings (SSSR count). The molecule has 1 amide bonds. The first-order valence-corrected chi connectivity index (χ1v) is 4.21. The van der Waals surface area contributed by atoms with Gasteiger partial charge in [-0.3, -0.25) is 9.63 Å². The molecule has 0 unspecified atom stereocenters. The van der Waals surface area contributed by atoms with Crippen LogP contribution in [0.2, 0.25) is 0 Å². The van der Waals surface area contributed by atoms with Gasteiger partial charge in [-0.25, -0.2) is 19.1 Å². The van der Waals surface area contributed by atoms with E-state index in [1.54, 1.807) is 5.48 Å². The third-order valence-electron chi connectivity index (χ3n) is 1.54. The Morgan fingerprint density at radius 1 is 1.29 bits per heavy atom. The Morgan fingerprint density at radius 2 is 1.94 bits per heavy atom. The van der Waals surface area contributed by atoms with Gasteiger partial charge in [0.25, 0.3) is 0 Å². The molecule has 0 aromatic heterocycles. The number of amides is 1. The van der Waals surface area contributed by atoms with E-state index >= 15 is 0 Å². The molecule has 0 aliphatic carbocycles. The molecule has 0 saturated carbocycles. The summed E-state index contributed by atoms with van der Waals surface area (Å²) < 4.78 is 42.9. The number of esters is 1. The summed E-state index contributed by atoms with van der Waals surface area (Å²) in [6.07, 6.45) is 0.136. The van der Waals surface area contributed by atoms with Gasteiger partial charge < -0.3 is 4.74 Å². The van der Waals surface area contributed by atoms with Crippen molar-refractivity contribution in [1.29, 1.82) is 0 Å². The van der Waals surface area contributed by atoms with Crippen LogP contribution >= 0.6 is 0 Å². The highest BCUT2D eigenvalue weighted by Gasteiger charge is 2.18. The number of halogens is 3. The van der Waals surface area contributed by atoms with Gasteiger partial charge >= 0.3 is 5.97 Å². The van der Waals surface area contributed by atoms with E-state index in [0.29, 0.717) is 12.1 Å². The van der Waals surface area contributed by atoms with Gasteiger partial charge in [-0.1, -0.05) is 0 Å². The molecule has 1 aromatic carbocycles. The molecule has 1 N–H and O–H groups in total. The van der Waals surface area contributed by atoms with E-state index in [0.717, 1.165) is 0 Å². The summed E-state index contributed by atoms with van der Waals surface area (Å²) in [4.78, 5) is 24.9. The molecule has 92 valence electrons. The van der Waals surface area contributed by atoms with Crippen molar-refractivity contribution in [3.8, 4) is 5.75 Å². The minimum atomic E-state index is -1.62. The van der Waals surface area contributed by atoms with Crippen molar-refractivity contribution in [2.24, 2.45) is 0 Å². The van der Waals surface area contributed by atoms with Crippen LogP contribution in [-0.2, 0) is 14.4 Å². The summed E-state index contributed by atoms with van der Waals surface area (Å²) in [5.41, 5.74) is 1.66. The predicted molar refractivity (Wildman–Crippen MR) is 47.1 cm³/mol. The predicted octanol–water partition coefficient (Wildman–Crippen LogP) is 0.687. The number of carbonyl (C=O) groups excluding carboxylic acids is 2. The standard InChI is InChI=1S/C9H6F3NO4/c10-5-1-2-6(11)9(8(5)12)17-7(15)3-16-13-4-14/h1-2,4H,3H2,(H,13,14). The first-order valence-electron chi connectivity index (χ1n) is 4.21. The SMILES string of the molecule is O=CNOCC(=O)Oc1c(F)ccc(F)c1F. The summed E-state index contributed by atoms with van der Waals surface area (Å²) in [6, 6.07) is 1.15. The van der Waals surface area contributed by atoms with Crippen LogP contribution in [0.1, 0.15) is 0 Å². The van der Waals surface area contributed by atoms with Gasteiger partial charge in [0.1, 0.15) is 0 Å². The molecular formula is C9H6F3NO4. The molecule has 0 saturated heterocycles. The summed E-state index contributed by atoms with van der Waals surface area (Å²) in [7, 11) is 0. The van der Waals surface area contributed by atoms with Gasteiger partial charge in [0.05, 0.1) is 0 Å². The number of benzene rings is 1. The van der Waals surface area contributed by atoms with E-state index < -0.39 is 35.8 Å². The zero-order chi connectivity index (χ0) is 12.8. The summed E-state index contributed by atoms with van der Waals surface area (Å²) in [6.45, 7) is -0.784. The fourth-order valence-corrected chi connectivity index (χ4v) is 0.880. The molecule has 0 fully saturated rings. The van der Waals surface area contributed by atoms with Crippen molar-refractivity contribution in [2.45, 2.75) is 0 Å². The number of hydroxylamine groups is 1. The van der Waals surface area contributed by atoms with Crippen LogP contribution in [0.25, 0.3) is 0 Å². The number of nitrogens with one attached hydrogen (secondary N) is 1. The monoisotopic (exact) mass is 249 g/mol. The van der Waals surface area contributed by atoms with Crippen molar-refractivity contribution < 1.29 is 32.3 Å². The summed E-state index contributed by atoms with van der Waals surface area (Å²) >= 11 is 0. The normalized spacial score (nSPS) is 9.82. The van der Waals surface area contributed by atoms with Gasteiger partial charge in [-0.2, -0.15) is 4.39 Å². The number of ether oxygens (including phenoxy) is 1. The molecule has 0 bridgehead atoms. The van der Waals surface area contributed by atoms with Gasteiger partial charge in [-0.15, -0.1) is 0 Å². The summed E-state index contributed by atoms with van der Waals surface area (Å²) in [5.74, 6) is -6.59. The lowest BCUT2D eigenvalue weighted by atomic mass is 10.3. The Morgan fingerprint density at radius 3 is 2.59 bits per heavy atom. The Kier molecular flexibility index (Phi) is 4.46. The first kappa shape index (κ1) is 13.0. The Labute approximate surface area is 93.1 Å². The van der Waals surface area contributed by atoms with E-state index in [-0.39, 0.29) is 6.41 Å². The highest BCUT2D eigenvalue weighted by Crippen LogP contribution is 2.23. The number of hydrogen-bond donors (Lipinski definition) is 1. The fourth-order valence-electron chi connectivity index (χ4n) is 0.880. The molecule has 0 aliphatic heterocycles. The molecular weight excluding hydrogens is 243 g/mol. The second kappa shape index (κ2) is 5.85. The van der Waals surface area contributed by atoms with Crippen molar-refractivity contribution in [3.63, 3.8) is 0 Å². The zero-order valence-electron chi connectivity index (χ0n) is 8.21. The lowest BCUT2D eigenvalue weighted by Crippen LogP contribution is -2.22. The third-order valence-corrected chi connectivity index (χ3v) is 1.54. The average Bonchev–Trinajstić information content (AvgIpc) is 2.30. The van der Waals surface area contributed by atoms with Gasteiger partial charge in [0, 0.05) is 0 Å². The van der Waals surface area contributed by atoms with Crippen LogP contribution in [0.3, 0.4) is 0 Å². The molecule has 0 aliphatic rings. The highest BCUT2D eigenvalue weighted by molar-refractivity contribution is 5.73. The minimum absolute atomic E-state index is 0.136. The Bertz CT molecular complexity index is 438. The van der Waals surface area contributed by atoms with Crippen LogP contribution in [0.5, 0.6) is 5.75 Å². The van der Waals surface area contributed by atoms with Gasteiger partial charge in [0.15, 0.2) is 18.2 Å². The average molecular weight is 249 g/mol. The maximum atomic E-state index is 13.0. The van der Waals surface area contributed by atoms with Gasteiger partial charge in [-0.05, 0) is 12.1 Å². The molecule has 0 atom stereocenters. The minimum Gasteiger partial charge on any atom is -0.418 e. The molecule has 0 heterocycles. The van der Waals surface area contributed by atoms with Crippen LogP contribution in [0, 0.1) is 17.5 Å². The smallest absolute Gasteiger partial charge is 0.340 e. The Balaban J connectivity index is 2.71. The van der Waals surface area contributed by atoms with Crippen LogP contribution in [-0.4, -0.2) is 19.0 Å². The second-order valence-corrected chi connectivity index (χ2v) is 2.67. The molecule has 0 radical (unpaired) electrons. The number of carbonyl (C=O) groups is 2. The highest BCUT2D eigenvalue weighted by atomic mass is 19.2. The van der Waals surface area contributed by atoms with Crippen LogP contribution in [0.4, 0.5) is 13.2 Å². The lowest BCUT2D eigenvalue weighted by molar-refractivity contribution is -0.144. The third kappa shape index (κ3) is 3.45. The fraction of sp³-hybridized carbons (Fsp3) is 0.111. The molecule has 17 heavy (non-hydrogen) atoms. The first-order chi connectivity index (χ1) is 8.06. The molecule has 5 nitrogen and oxygen atoms in total. The zero-order valence-corrected chi connectivity index (χ0v) is 8.21. The largest absolute Gasteiger partial charge is 0.418 e. The van der Waals surface area contributed by atoms with Crippen LogP contribution in [0.15, 0.2) is 12.1 Å². The Hall–Kier alpha value is -2.09. The van der Waals surface area contributed by atoms with E-state index in [2.05, 4.69) is 9.57 Å². The van der Waals surface area contributed by atoms with E-state index in [9.17, 15) is 22.8 Å². The van der Waals surface area contributed by atoms with E-state index in [4.69, 9.17) is 0 Å². The van der Waals surface area contributed by atoms with Crippen molar-refractivity contribution in [1.82, 2.24) is 5.48 Å². The molecule has 1 aromatic rings. The molecule has 0 spiro atoms. The topological polar surface area (TPSA) is 64.6 Å². The van der Waals surface area contributed by atoms with Crippen molar-refractivity contribution in [3.05, 3.63) is 29.6 Å². The van der Waals surface area contributed by atoms with Crippen molar-refractivity contribution >= 4 is 12.4 Å². The summed E-state index contributed by atoms with van der Waals surface area (Å²) in [5, 5.41) is 0. The second-order valence-electron chi connectivity index (χ2n) is 2.67. The van der Waals surface area contributed by atoms with Crippen molar-refractivity contribution in [2.75, 3.05) is 6.61 Å². The lowest BCUT2D eigenvalue weighted by Gasteiger charge is -2.06. The van der Waals surface area contributed by atoms with Crippen LogP contribution < -0.4 is 10.2 Å². The van der Waals surface area contributed by atoms with E-state index in [1.807, 2.05) is 0 Å². The quantitative estimate of drug-likeness (QED) is 0.208. The maximum absolute atomic E-state index is 13.0. The molecule has 8 heteroatoms. The number of hydrogen-bond acceptors (Lipinski definition) is 4. The van der Waals surface area contributed by atoms with E-state index in [1.165, 1.54) is 0 Å². The number of rotatable bonds is 5. The maximum Gasteiger partial charge on any atom is 0.340 e. The van der Waals surface area contributed by atoms with Gasteiger partial charge in [0.2, 0.25) is 18.0 Å².